The summed E-state index contributed by atoms with van der Waals surface area (Å²) in [6.45, 7) is 5.67. The van der Waals surface area contributed by atoms with Gasteiger partial charge in [-0.3, -0.25) is 4.79 Å². The number of nitrogens with zero attached hydrogens (tertiary/aromatic N) is 5. The van der Waals surface area contributed by atoms with Crippen molar-refractivity contribution in [3.8, 4) is 0 Å². The fourth-order valence-corrected chi connectivity index (χ4v) is 3.87. The third-order valence-electron chi connectivity index (χ3n) is 5.46. The molecule has 2 fully saturated rings. The quantitative estimate of drug-likeness (QED) is 0.674. The number of furan rings is 1. The highest BCUT2D eigenvalue weighted by Crippen LogP contribution is 2.27. The number of hydrogen-bond acceptors (Lipinski definition) is 7. The Morgan fingerprint density at radius 1 is 0.862 bits per heavy atom. The summed E-state index contributed by atoms with van der Waals surface area (Å²) in [5, 5.41) is 1.06. The molecular weight excluding hydrogens is 370 g/mol. The molecule has 3 aromatic rings. The van der Waals surface area contributed by atoms with Crippen LogP contribution in [0.5, 0.6) is 0 Å². The Bertz CT molecular complexity index is 993. The van der Waals surface area contributed by atoms with Gasteiger partial charge in [0.25, 0.3) is 5.91 Å². The minimum Gasteiger partial charge on any atom is -0.459 e. The predicted octanol–water partition coefficient (Wildman–Crippen LogP) is 2.02. The summed E-state index contributed by atoms with van der Waals surface area (Å²) in [7, 11) is 0. The van der Waals surface area contributed by atoms with Crippen LogP contribution in [0.3, 0.4) is 0 Å². The minimum absolute atomic E-state index is 0.0666. The first kappa shape index (κ1) is 17.9. The molecule has 0 N–H and O–H groups in total. The Labute approximate surface area is 168 Å². The fourth-order valence-electron chi connectivity index (χ4n) is 3.87. The molecule has 5 rings (SSSR count). The highest BCUT2D eigenvalue weighted by atomic mass is 16.5. The molecule has 1 aromatic carbocycles. The molecule has 4 heterocycles. The van der Waals surface area contributed by atoms with E-state index in [0.717, 1.165) is 35.8 Å². The number of fused-ring (bicyclic) bond motifs is 1. The SMILES string of the molecule is O=C(c1ccco1)N1CCN(c2nc(N3CCOCC3)c3ccccc3n2)CC1. The maximum absolute atomic E-state index is 12.5. The lowest BCUT2D eigenvalue weighted by Crippen LogP contribution is -2.49. The highest BCUT2D eigenvalue weighted by molar-refractivity contribution is 5.92. The molecule has 0 spiro atoms. The van der Waals surface area contributed by atoms with Crippen molar-refractivity contribution in [2.45, 2.75) is 0 Å². The topological polar surface area (TPSA) is 74.9 Å². The summed E-state index contributed by atoms with van der Waals surface area (Å²) in [6, 6.07) is 11.6. The third-order valence-corrected chi connectivity index (χ3v) is 5.46. The second kappa shape index (κ2) is 7.71. The van der Waals surface area contributed by atoms with E-state index < -0.39 is 0 Å². The summed E-state index contributed by atoms with van der Waals surface area (Å²) < 4.78 is 10.7. The van der Waals surface area contributed by atoms with Crippen LogP contribution in [0.4, 0.5) is 11.8 Å². The number of rotatable bonds is 3. The van der Waals surface area contributed by atoms with Gasteiger partial charge in [0, 0.05) is 44.7 Å². The van der Waals surface area contributed by atoms with Crippen molar-refractivity contribution in [3.63, 3.8) is 0 Å². The molecule has 150 valence electrons. The van der Waals surface area contributed by atoms with Crippen LogP contribution in [0.2, 0.25) is 0 Å². The second-order valence-electron chi connectivity index (χ2n) is 7.22. The second-order valence-corrected chi connectivity index (χ2v) is 7.22. The van der Waals surface area contributed by atoms with Gasteiger partial charge in [0.15, 0.2) is 5.76 Å². The molecule has 2 saturated heterocycles. The van der Waals surface area contributed by atoms with E-state index in [2.05, 4.69) is 15.9 Å². The summed E-state index contributed by atoms with van der Waals surface area (Å²) >= 11 is 0. The molecule has 1 amide bonds. The number of amides is 1. The van der Waals surface area contributed by atoms with Gasteiger partial charge < -0.3 is 23.9 Å². The molecule has 8 nitrogen and oxygen atoms in total. The van der Waals surface area contributed by atoms with Crippen LogP contribution >= 0.6 is 0 Å². The number of piperazine rings is 1. The first-order chi connectivity index (χ1) is 14.3. The predicted molar refractivity (Wildman–Crippen MR) is 109 cm³/mol. The number of carbonyl (C=O) groups is 1. The molecule has 0 unspecified atom stereocenters. The van der Waals surface area contributed by atoms with Gasteiger partial charge in [0.1, 0.15) is 5.82 Å². The third kappa shape index (κ3) is 3.51. The minimum atomic E-state index is -0.0666. The van der Waals surface area contributed by atoms with Gasteiger partial charge >= 0.3 is 0 Å². The van der Waals surface area contributed by atoms with E-state index in [9.17, 15) is 4.79 Å². The largest absolute Gasteiger partial charge is 0.459 e. The Morgan fingerprint density at radius 3 is 2.41 bits per heavy atom. The molecule has 2 aromatic heterocycles. The van der Waals surface area contributed by atoms with Crippen LogP contribution in [-0.4, -0.2) is 73.3 Å². The normalized spacial score (nSPS) is 17.7. The first-order valence-electron chi connectivity index (χ1n) is 9.97. The zero-order valence-electron chi connectivity index (χ0n) is 16.2. The van der Waals surface area contributed by atoms with E-state index >= 15 is 0 Å². The number of hydrogen-bond donors (Lipinski definition) is 0. The van der Waals surface area contributed by atoms with E-state index in [1.54, 1.807) is 12.1 Å². The molecule has 0 saturated carbocycles. The van der Waals surface area contributed by atoms with Gasteiger partial charge in [-0.1, -0.05) is 12.1 Å². The number of para-hydroxylation sites is 1. The zero-order chi connectivity index (χ0) is 19.6. The molecule has 0 atom stereocenters. The van der Waals surface area contributed by atoms with Gasteiger partial charge in [-0.05, 0) is 24.3 Å². The van der Waals surface area contributed by atoms with Crippen LogP contribution in [0.15, 0.2) is 47.1 Å². The van der Waals surface area contributed by atoms with Gasteiger partial charge in [-0.15, -0.1) is 0 Å². The lowest BCUT2D eigenvalue weighted by atomic mass is 10.2. The number of ether oxygens (including phenoxy) is 1. The maximum Gasteiger partial charge on any atom is 0.289 e. The van der Waals surface area contributed by atoms with Crippen molar-refractivity contribution in [2.24, 2.45) is 0 Å². The van der Waals surface area contributed by atoms with Gasteiger partial charge in [-0.2, -0.15) is 4.98 Å². The van der Waals surface area contributed by atoms with Crippen molar-refractivity contribution in [2.75, 3.05) is 62.3 Å². The highest BCUT2D eigenvalue weighted by Gasteiger charge is 2.26. The van der Waals surface area contributed by atoms with Crippen molar-refractivity contribution in [3.05, 3.63) is 48.4 Å². The smallest absolute Gasteiger partial charge is 0.289 e. The lowest BCUT2D eigenvalue weighted by Gasteiger charge is -2.35. The average Bonchev–Trinajstić information content (AvgIpc) is 3.33. The van der Waals surface area contributed by atoms with Crippen LogP contribution in [0.1, 0.15) is 10.6 Å². The number of aromatic nitrogens is 2. The van der Waals surface area contributed by atoms with Crippen LogP contribution in [0.25, 0.3) is 10.9 Å². The Balaban J connectivity index is 1.38. The van der Waals surface area contributed by atoms with E-state index in [0.29, 0.717) is 45.2 Å². The summed E-state index contributed by atoms with van der Waals surface area (Å²) in [4.78, 5) is 28.5. The van der Waals surface area contributed by atoms with E-state index in [1.165, 1.54) is 6.26 Å². The fraction of sp³-hybridized carbons (Fsp3) is 0.381. The Hall–Kier alpha value is -3.13. The molecule has 0 aliphatic carbocycles. The first-order valence-corrected chi connectivity index (χ1v) is 9.97. The monoisotopic (exact) mass is 393 g/mol. The molecule has 8 heteroatoms. The number of anilines is 2. The number of morpholine rings is 1. The standard InChI is InChI=1S/C21H23N5O3/c27-20(18-6-3-13-29-18)25-7-9-26(10-8-25)21-22-17-5-2-1-4-16(17)19(23-21)24-11-14-28-15-12-24/h1-6,13H,7-12,14-15H2. The molecule has 2 aliphatic rings. The van der Waals surface area contributed by atoms with Crippen LogP contribution in [-0.2, 0) is 4.74 Å². The zero-order valence-corrected chi connectivity index (χ0v) is 16.2. The Kier molecular flexibility index (Phi) is 4.77. The van der Waals surface area contributed by atoms with E-state index in [-0.39, 0.29) is 5.91 Å². The molecule has 0 bridgehead atoms. The molecule has 0 radical (unpaired) electrons. The van der Waals surface area contributed by atoms with Crippen molar-refractivity contribution in [1.29, 1.82) is 0 Å². The van der Waals surface area contributed by atoms with E-state index in [4.69, 9.17) is 19.1 Å². The van der Waals surface area contributed by atoms with Gasteiger partial charge in [0.05, 0.1) is 25.0 Å². The molecular formula is C21H23N5O3. The van der Waals surface area contributed by atoms with Gasteiger partial charge in [-0.25, -0.2) is 4.98 Å². The number of carbonyl (C=O) groups excluding carboxylic acids is 1. The van der Waals surface area contributed by atoms with Crippen molar-refractivity contribution < 1.29 is 13.9 Å². The average molecular weight is 393 g/mol. The van der Waals surface area contributed by atoms with E-state index in [1.807, 2.05) is 23.1 Å². The van der Waals surface area contributed by atoms with Crippen LogP contribution in [0, 0.1) is 0 Å². The van der Waals surface area contributed by atoms with Gasteiger partial charge in [0.2, 0.25) is 5.95 Å². The van der Waals surface area contributed by atoms with Crippen molar-refractivity contribution in [1.82, 2.24) is 14.9 Å². The lowest BCUT2D eigenvalue weighted by molar-refractivity contribution is 0.0714. The molecule has 29 heavy (non-hydrogen) atoms. The van der Waals surface area contributed by atoms with Crippen LogP contribution < -0.4 is 9.80 Å². The molecule has 2 aliphatic heterocycles. The maximum atomic E-state index is 12.5. The number of benzene rings is 1. The van der Waals surface area contributed by atoms with Crippen molar-refractivity contribution >= 4 is 28.6 Å². The summed E-state index contributed by atoms with van der Waals surface area (Å²) in [5.41, 5.74) is 0.938. The Morgan fingerprint density at radius 2 is 1.66 bits per heavy atom. The summed E-state index contributed by atoms with van der Waals surface area (Å²) in [6.07, 6.45) is 1.53. The summed E-state index contributed by atoms with van der Waals surface area (Å²) in [5.74, 6) is 2.00.